The second kappa shape index (κ2) is 6.96. The van der Waals surface area contributed by atoms with Crippen LogP contribution in [0.15, 0.2) is 18.3 Å². The molecule has 0 unspecified atom stereocenters. The molecule has 0 spiro atoms. The van der Waals surface area contributed by atoms with E-state index in [0.29, 0.717) is 24.7 Å². The van der Waals surface area contributed by atoms with Gasteiger partial charge in [0.1, 0.15) is 0 Å². The van der Waals surface area contributed by atoms with Crippen molar-refractivity contribution in [2.45, 2.75) is 26.7 Å². The lowest BCUT2D eigenvalue weighted by molar-refractivity contribution is -0.117. The Bertz CT molecular complexity index is 340. The minimum Gasteiger partial charge on any atom is -0.330 e. The number of hydrogen-bond donors (Lipinski definition) is 2. The van der Waals surface area contributed by atoms with Crippen LogP contribution in [0.3, 0.4) is 0 Å². The van der Waals surface area contributed by atoms with Gasteiger partial charge in [0.15, 0.2) is 5.82 Å². The standard InChI is InChI=1S/C12H20N4O/c1-9(2)6-10(8-13)7-12(17)15-11-4-3-5-14-16-11/h3-5,9-10H,6-8,13H2,1-2H3,(H,15,16,17)/t10-/m0/s1. The summed E-state index contributed by atoms with van der Waals surface area (Å²) in [6, 6.07) is 3.45. The monoisotopic (exact) mass is 236 g/mol. The number of nitrogens with one attached hydrogen (secondary N) is 1. The number of amides is 1. The van der Waals surface area contributed by atoms with Crippen LogP contribution < -0.4 is 11.1 Å². The molecule has 0 saturated heterocycles. The molecular weight excluding hydrogens is 216 g/mol. The molecule has 0 aromatic carbocycles. The molecule has 94 valence electrons. The average Bonchev–Trinajstić information content (AvgIpc) is 2.28. The van der Waals surface area contributed by atoms with E-state index in [9.17, 15) is 4.79 Å². The first-order chi connectivity index (χ1) is 8.11. The van der Waals surface area contributed by atoms with Gasteiger partial charge in [-0.2, -0.15) is 5.10 Å². The van der Waals surface area contributed by atoms with Crippen LogP contribution in [-0.2, 0) is 4.79 Å². The molecule has 1 rings (SSSR count). The van der Waals surface area contributed by atoms with Crippen molar-refractivity contribution in [2.75, 3.05) is 11.9 Å². The molecule has 0 radical (unpaired) electrons. The van der Waals surface area contributed by atoms with E-state index in [1.54, 1.807) is 18.3 Å². The normalized spacial score (nSPS) is 12.5. The lowest BCUT2D eigenvalue weighted by Crippen LogP contribution is -2.23. The first-order valence-corrected chi connectivity index (χ1v) is 5.89. The number of carbonyl (C=O) groups excluding carboxylic acids is 1. The number of rotatable bonds is 6. The van der Waals surface area contributed by atoms with Crippen molar-refractivity contribution in [3.63, 3.8) is 0 Å². The van der Waals surface area contributed by atoms with Crippen LogP contribution >= 0.6 is 0 Å². The topological polar surface area (TPSA) is 80.9 Å². The lowest BCUT2D eigenvalue weighted by Gasteiger charge is -2.16. The Kier molecular flexibility index (Phi) is 5.56. The highest BCUT2D eigenvalue weighted by Crippen LogP contribution is 2.14. The molecule has 1 heterocycles. The molecule has 17 heavy (non-hydrogen) atoms. The second-order valence-electron chi connectivity index (χ2n) is 4.59. The van der Waals surface area contributed by atoms with Crippen LogP contribution in [0.1, 0.15) is 26.7 Å². The summed E-state index contributed by atoms with van der Waals surface area (Å²) in [5.41, 5.74) is 5.65. The molecule has 1 aromatic heterocycles. The fourth-order valence-electron chi connectivity index (χ4n) is 1.75. The molecule has 5 heteroatoms. The number of nitrogens with two attached hydrogens (primary N) is 1. The molecule has 5 nitrogen and oxygen atoms in total. The first-order valence-electron chi connectivity index (χ1n) is 5.89. The molecule has 0 fully saturated rings. The summed E-state index contributed by atoms with van der Waals surface area (Å²) in [6.07, 6.45) is 2.97. The first kappa shape index (κ1) is 13.6. The van der Waals surface area contributed by atoms with Crippen molar-refractivity contribution < 1.29 is 4.79 Å². The predicted octanol–water partition coefficient (Wildman–Crippen LogP) is 1.43. The van der Waals surface area contributed by atoms with Crippen molar-refractivity contribution in [3.05, 3.63) is 18.3 Å². The van der Waals surface area contributed by atoms with Gasteiger partial charge in [-0.05, 0) is 36.9 Å². The molecule has 0 bridgehead atoms. The van der Waals surface area contributed by atoms with E-state index in [-0.39, 0.29) is 11.8 Å². The molecular formula is C12H20N4O. The summed E-state index contributed by atoms with van der Waals surface area (Å²) >= 11 is 0. The van der Waals surface area contributed by atoms with Gasteiger partial charge in [0.05, 0.1) is 0 Å². The summed E-state index contributed by atoms with van der Waals surface area (Å²) in [4.78, 5) is 11.7. The van der Waals surface area contributed by atoms with Crippen molar-refractivity contribution in [1.29, 1.82) is 0 Å². The Morgan fingerprint density at radius 2 is 2.29 bits per heavy atom. The fraction of sp³-hybridized carbons (Fsp3) is 0.583. The highest BCUT2D eigenvalue weighted by molar-refractivity contribution is 5.89. The average molecular weight is 236 g/mol. The molecule has 1 atom stereocenters. The third-order valence-corrected chi connectivity index (χ3v) is 2.45. The zero-order valence-electron chi connectivity index (χ0n) is 10.4. The zero-order valence-corrected chi connectivity index (χ0v) is 10.4. The van der Waals surface area contributed by atoms with Crippen molar-refractivity contribution >= 4 is 11.7 Å². The van der Waals surface area contributed by atoms with Gasteiger partial charge in [-0.15, -0.1) is 5.10 Å². The van der Waals surface area contributed by atoms with Crippen LogP contribution in [-0.4, -0.2) is 22.6 Å². The Hall–Kier alpha value is -1.49. The van der Waals surface area contributed by atoms with E-state index in [4.69, 9.17) is 5.73 Å². The lowest BCUT2D eigenvalue weighted by atomic mass is 9.94. The zero-order chi connectivity index (χ0) is 12.7. The summed E-state index contributed by atoms with van der Waals surface area (Å²) < 4.78 is 0. The number of carbonyl (C=O) groups is 1. The van der Waals surface area contributed by atoms with Gasteiger partial charge in [0, 0.05) is 12.6 Å². The minimum absolute atomic E-state index is 0.0541. The Morgan fingerprint density at radius 3 is 2.82 bits per heavy atom. The Morgan fingerprint density at radius 1 is 1.53 bits per heavy atom. The summed E-state index contributed by atoms with van der Waals surface area (Å²) in [6.45, 7) is 4.79. The smallest absolute Gasteiger partial charge is 0.225 e. The third-order valence-electron chi connectivity index (χ3n) is 2.45. The summed E-state index contributed by atoms with van der Waals surface area (Å²) in [5.74, 6) is 1.21. The summed E-state index contributed by atoms with van der Waals surface area (Å²) in [7, 11) is 0. The van der Waals surface area contributed by atoms with Crippen LogP contribution in [0.25, 0.3) is 0 Å². The highest BCUT2D eigenvalue weighted by Gasteiger charge is 2.14. The number of anilines is 1. The van der Waals surface area contributed by atoms with E-state index in [0.717, 1.165) is 6.42 Å². The molecule has 0 aliphatic rings. The van der Waals surface area contributed by atoms with E-state index in [1.807, 2.05) is 0 Å². The van der Waals surface area contributed by atoms with E-state index < -0.39 is 0 Å². The van der Waals surface area contributed by atoms with Crippen molar-refractivity contribution in [2.24, 2.45) is 17.6 Å². The number of aromatic nitrogens is 2. The van der Waals surface area contributed by atoms with E-state index >= 15 is 0 Å². The van der Waals surface area contributed by atoms with Crippen LogP contribution in [0, 0.1) is 11.8 Å². The van der Waals surface area contributed by atoms with Gasteiger partial charge < -0.3 is 11.1 Å². The molecule has 0 aliphatic carbocycles. The van der Waals surface area contributed by atoms with Crippen LogP contribution in [0.5, 0.6) is 0 Å². The van der Waals surface area contributed by atoms with Gasteiger partial charge in [-0.1, -0.05) is 13.8 Å². The maximum Gasteiger partial charge on any atom is 0.225 e. The van der Waals surface area contributed by atoms with E-state index in [2.05, 4.69) is 29.4 Å². The highest BCUT2D eigenvalue weighted by atomic mass is 16.1. The molecule has 1 amide bonds. The molecule has 0 aliphatic heterocycles. The van der Waals surface area contributed by atoms with Gasteiger partial charge in [-0.3, -0.25) is 4.79 Å². The van der Waals surface area contributed by atoms with Crippen LogP contribution in [0.4, 0.5) is 5.82 Å². The van der Waals surface area contributed by atoms with Crippen molar-refractivity contribution in [1.82, 2.24) is 10.2 Å². The SMILES string of the molecule is CC(C)C[C@H](CN)CC(=O)Nc1cccnn1. The largest absolute Gasteiger partial charge is 0.330 e. The van der Waals surface area contributed by atoms with Crippen molar-refractivity contribution in [3.8, 4) is 0 Å². The Balaban J connectivity index is 2.43. The van der Waals surface area contributed by atoms with Gasteiger partial charge >= 0.3 is 0 Å². The molecule has 1 aromatic rings. The predicted molar refractivity (Wildman–Crippen MR) is 67.3 cm³/mol. The maximum absolute atomic E-state index is 11.7. The number of nitrogens with zero attached hydrogens (tertiary/aromatic N) is 2. The minimum atomic E-state index is -0.0541. The molecule has 0 saturated carbocycles. The van der Waals surface area contributed by atoms with Crippen LogP contribution in [0.2, 0.25) is 0 Å². The summed E-state index contributed by atoms with van der Waals surface area (Å²) in [5, 5.41) is 10.2. The quantitative estimate of drug-likeness (QED) is 0.782. The molecule has 3 N–H and O–H groups in total. The second-order valence-corrected chi connectivity index (χ2v) is 4.59. The van der Waals surface area contributed by atoms with Gasteiger partial charge in [-0.25, -0.2) is 0 Å². The van der Waals surface area contributed by atoms with E-state index in [1.165, 1.54) is 0 Å². The Labute approximate surface area is 102 Å². The number of hydrogen-bond acceptors (Lipinski definition) is 4. The third kappa shape index (κ3) is 5.40. The van der Waals surface area contributed by atoms with Gasteiger partial charge in [0.25, 0.3) is 0 Å². The van der Waals surface area contributed by atoms with Gasteiger partial charge in [0.2, 0.25) is 5.91 Å². The fourth-order valence-corrected chi connectivity index (χ4v) is 1.75. The maximum atomic E-state index is 11.7.